The van der Waals surface area contributed by atoms with E-state index in [1.165, 1.54) is 30.4 Å². The van der Waals surface area contributed by atoms with Gasteiger partial charge in [-0.2, -0.15) is 0 Å². The van der Waals surface area contributed by atoms with E-state index in [1.54, 1.807) is 7.05 Å². The minimum absolute atomic E-state index is 0.0729. The number of fused-ring (bicyclic) bond motifs is 2. The van der Waals surface area contributed by atoms with Gasteiger partial charge in [-0.3, -0.25) is 14.5 Å². The topological polar surface area (TPSA) is 52.7 Å². The molecule has 5 nitrogen and oxygen atoms in total. The molecule has 2 aliphatic heterocycles. The summed E-state index contributed by atoms with van der Waals surface area (Å²) in [7, 11) is 1.63. The molecule has 5 heteroatoms. The molecule has 2 atom stereocenters. The lowest BCUT2D eigenvalue weighted by molar-refractivity contribution is -0.129. The molecule has 0 radical (unpaired) electrons. The number of benzene rings is 2. The Kier molecular flexibility index (Phi) is 5.54. The second-order valence-corrected chi connectivity index (χ2v) is 9.75. The zero-order chi connectivity index (χ0) is 22.3. The number of para-hydroxylation sites is 1. The summed E-state index contributed by atoms with van der Waals surface area (Å²) < 4.78 is 0. The van der Waals surface area contributed by atoms with Crippen LogP contribution in [0.25, 0.3) is 0 Å². The number of rotatable bonds is 4. The second-order valence-electron chi connectivity index (χ2n) is 9.75. The van der Waals surface area contributed by atoms with Crippen LogP contribution >= 0.6 is 0 Å². The van der Waals surface area contributed by atoms with E-state index < -0.39 is 5.41 Å². The minimum Gasteiger partial charge on any atom is -0.359 e. The quantitative estimate of drug-likeness (QED) is 0.797. The Morgan fingerprint density at radius 1 is 1.06 bits per heavy atom. The van der Waals surface area contributed by atoms with Gasteiger partial charge >= 0.3 is 0 Å². The van der Waals surface area contributed by atoms with Crippen molar-refractivity contribution in [1.82, 2.24) is 10.2 Å². The molecule has 2 heterocycles. The fraction of sp³-hybridized carbons (Fsp3) is 0.481. The summed E-state index contributed by atoms with van der Waals surface area (Å²) in [6.45, 7) is 3.93. The highest BCUT2D eigenvalue weighted by molar-refractivity contribution is 6.10. The largest absolute Gasteiger partial charge is 0.359 e. The Labute approximate surface area is 190 Å². The van der Waals surface area contributed by atoms with Crippen molar-refractivity contribution in [3.8, 4) is 0 Å². The molecule has 168 valence electrons. The lowest BCUT2D eigenvalue weighted by atomic mass is 9.80. The number of anilines is 1. The lowest BCUT2D eigenvalue weighted by Crippen LogP contribution is -2.50. The Hall–Kier alpha value is -2.66. The normalized spacial score (nSPS) is 26.0. The van der Waals surface area contributed by atoms with Crippen molar-refractivity contribution >= 4 is 17.5 Å². The van der Waals surface area contributed by atoms with Crippen LogP contribution in [0.2, 0.25) is 0 Å². The van der Waals surface area contributed by atoms with Gasteiger partial charge in [-0.05, 0) is 61.8 Å². The SMILES string of the molecule is CNC(=O)C[C@]1(C)C(=O)N(C2CCN([C@@H]3CCCc4ccccc43)CC2)c2ccccc21. The zero-order valence-corrected chi connectivity index (χ0v) is 19.1. The number of piperidine rings is 1. The first-order valence-corrected chi connectivity index (χ1v) is 12.0. The molecule has 0 aromatic heterocycles. The first-order valence-electron chi connectivity index (χ1n) is 12.0. The third-order valence-electron chi connectivity index (χ3n) is 7.88. The van der Waals surface area contributed by atoms with Gasteiger partial charge in [-0.25, -0.2) is 0 Å². The predicted molar refractivity (Wildman–Crippen MR) is 127 cm³/mol. The molecule has 1 fully saturated rings. The van der Waals surface area contributed by atoms with Crippen LogP contribution in [0.3, 0.4) is 0 Å². The third-order valence-corrected chi connectivity index (χ3v) is 7.88. The van der Waals surface area contributed by atoms with Crippen LogP contribution in [-0.2, 0) is 21.4 Å². The first-order chi connectivity index (χ1) is 15.5. The number of nitrogens with zero attached hydrogens (tertiary/aromatic N) is 2. The smallest absolute Gasteiger partial charge is 0.238 e. The van der Waals surface area contributed by atoms with Gasteiger partial charge in [-0.1, -0.05) is 42.5 Å². The van der Waals surface area contributed by atoms with Gasteiger partial charge in [0, 0.05) is 44.3 Å². The number of likely N-dealkylation sites (tertiary alicyclic amines) is 1. The van der Waals surface area contributed by atoms with Crippen LogP contribution in [0.1, 0.15) is 61.8 Å². The Morgan fingerprint density at radius 3 is 2.56 bits per heavy atom. The van der Waals surface area contributed by atoms with Gasteiger partial charge in [0.15, 0.2) is 0 Å². The number of amides is 2. The van der Waals surface area contributed by atoms with Crippen LogP contribution in [0, 0.1) is 0 Å². The van der Waals surface area contributed by atoms with Gasteiger partial charge in [0.25, 0.3) is 0 Å². The molecule has 0 saturated carbocycles. The highest BCUT2D eigenvalue weighted by Gasteiger charge is 2.50. The Balaban J connectivity index is 1.35. The average molecular weight is 432 g/mol. The summed E-state index contributed by atoms with van der Waals surface area (Å²) in [5, 5.41) is 2.70. The van der Waals surface area contributed by atoms with Crippen molar-refractivity contribution in [3.05, 3.63) is 65.2 Å². The average Bonchev–Trinajstić information content (AvgIpc) is 3.05. The molecule has 5 rings (SSSR count). The van der Waals surface area contributed by atoms with Crippen molar-refractivity contribution in [2.24, 2.45) is 0 Å². The number of hydrogen-bond donors (Lipinski definition) is 1. The van der Waals surface area contributed by atoms with Crippen LogP contribution in [0.4, 0.5) is 5.69 Å². The second kappa shape index (κ2) is 8.36. The van der Waals surface area contributed by atoms with E-state index in [0.29, 0.717) is 6.04 Å². The van der Waals surface area contributed by atoms with Crippen molar-refractivity contribution in [3.63, 3.8) is 0 Å². The van der Waals surface area contributed by atoms with Crippen LogP contribution in [-0.4, -0.2) is 42.9 Å². The van der Waals surface area contributed by atoms with Gasteiger partial charge in [-0.15, -0.1) is 0 Å². The van der Waals surface area contributed by atoms with Crippen molar-refractivity contribution < 1.29 is 9.59 Å². The maximum atomic E-state index is 13.7. The first kappa shape index (κ1) is 21.2. The number of nitrogens with one attached hydrogen (secondary N) is 1. The molecule has 2 aromatic carbocycles. The van der Waals surface area contributed by atoms with E-state index in [1.807, 2.05) is 36.1 Å². The molecule has 0 unspecified atom stereocenters. The number of carbonyl (C=O) groups excluding carboxylic acids is 2. The van der Waals surface area contributed by atoms with Crippen molar-refractivity contribution in [1.29, 1.82) is 0 Å². The summed E-state index contributed by atoms with van der Waals surface area (Å²) in [6.07, 6.45) is 5.78. The standard InChI is InChI=1S/C27H33N3O2/c1-27(18-25(31)28-2)22-11-5-6-12-24(22)30(26(27)32)20-14-16-29(17-15-20)23-13-7-9-19-8-3-4-10-21(19)23/h3-6,8,10-12,20,23H,7,9,13-18H2,1-2H3,(H,28,31)/t23-,27+/m1/s1. The highest BCUT2D eigenvalue weighted by Crippen LogP contribution is 2.46. The third kappa shape index (κ3) is 3.43. The maximum Gasteiger partial charge on any atom is 0.238 e. The molecule has 3 aliphatic rings. The number of aryl methyl sites for hydroxylation is 1. The summed E-state index contributed by atoms with van der Waals surface area (Å²) >= 11 is 0. The van der Waals surface area contributed by atoms with Crippen molar-refractivity contribution in [2.75, 3.05) is 25.0 Å². The summed E-state index contributed by atoms with van der Waals surface area (Å²) in [5.74, 6) is -0.0213. The lowest BCUT2D eigenvalue weighted by Gasteiger charge is -2.42. The summed E-state index contributed by atoms with van der Waals surface area (Å²) in [4.78, 5) is 30.6. The fourth-order valence-corrected chi connectivity index (χ4v) is 6.15. The molecule has 32 heavy (non-hydrogen) atoms. The number of hydrogen-bond acceptors (Lipinski definition) is 3. The van der Waals surface area contributed by atoms with E-state index in [-0.39, 0.29) is 24.3 Å². The summed E-state index contributed by atoms with van der Waals surface area (Å²) in [5.41, 5.74) is 4.18. The monoisotopic (exact) mass is 431 g/mol. The van der Waals surface area contributed by atoms with Gasteiger partial charge in [0.1, 0.15) is 0 Å². The highest BCUT2D eigenvalue weighted by atomic mass is 16.2. The molecule has 2 aromatic rings. The van der Waals surface area contributed by atoms with Crippen LogP contribution < -0.4 is 10.2 Å². The van der Waals surface area contributed by atoms with Gasteiger partial charge in [0.2, 0.25) is 11.8 Å². The molecule has 0 spiro atoms. The Morgan fingerprint density at radius 2 is 1.78 bits per heavy atom. The van der Waals surface area contributed by atoms with Gasteiger partial charge < -0.3 is 10.2 Å². The molecular formula is C27H33N3O2. The van der Waals surface area contributed by atoms with Gasteiger partial charge in [0.05, 0.1) is 5.41 Å². The van der Waals surface area contributed by atoms with E-state index in [4.69, 9.17) is 0 Å². The molecule has 1 aliphatic carbocycles. The summed E-state index contributed by atoms with van der Waals surface area (Å²) in [6, 6.07) is 17.6. The fourth-order valence-electron chi connectivity index (χ4n) is 6.15. The molecular weight excluding hydrogens is 398 g/mol. The zero-order valence-electron chi connectivity index (χ0n) is 19.1. The van der Waals surface area contributed by atoms with Crippen molar-refractivity contribution in [2.45, 2.75) is 62.9 Å². The number of carbonyl (C=O) groups is 2. The molecule has 2 amide bonds. The van der Waals surface area contributed by atoms with E-state index in [9.17, 15) is 9.59 Å². The maximum absolute atomic E-state index is 13.7. The predicted octanol–water partition coefficient (Wildman–Crippen LogP) is 3.97. The molecule has 1 N–H and O–H groups in total. The van der Waals surface area contributed by atoms with E-state index in [0.717, 1.165) is 37.2 Å². The van der Waals surface area contributed by atoms with E-state index in [2.05, 4.69) is 34.5 Å². The van der Waals surface area contributed by atoms with E-state index >= 15 is 0 Å². The minimum atomic E-state index is -0.796. The molecule has 0 bridgehead atoms. The van der Waals surface area contributed by atoms with Crippen LogP contribution in [0.15, 0.2) is 48.5 Å². The molecule has 1 saturated heterocycles. The van der Waals surface area contributed by atoms with Crippen LogP contribution in [0.5, 0.6) is 0 Å². The Bertz CT molecular complexity index is 1030.